The van der Waals surface area contributed by atoms with Gasteiger partial charge in [-0.3, -0.25) is 4.90 Å². The van der Waals surface area contributed by atoms with E-state index in [0.717, 1.165) is 19.1 Å². The Morgan fingerprint density at radius 3 is 2.43 bits per heavy atom. The summed E-state index contributed by atoms with van der Waals surface area (Å²) in [5.74, 6) is 0.736. The molecular weight excluding hydrogens is 260 g/mol. The van der Waals surface area contributed by atoms with E-state index in [1.807, 2.05) is 0 Å². The summed E-state index contributed by atoms with van der Waals surface area (Å²) in [5, 5.41) is 3.94. The van der Waals surface area contributed by atoms with Crippen LogP contribution < -0.4 is 5.32 Å². The first-order valence-corrected chi connectivity index (χ1v) is 9.09. The Morgan fingerprint density at radius 2 is 1.81 bits per heavy atom. The molecule has 3 heteroatoms. The van der Waals surface area contributed by atoms with Crippen molar-refractivity contribution < 1.29 is 4.74 Å². The van der Waals surface area contributed by atoms with E-state index in [0.29, 0.717) is 17.0 Å². The highest BCUT2D eigenvalue weighted by Crippen LogP contribution is 2.37. The van der Waals surface area contributed by atoms with Crippen LogP contribution in [0.5, 0.6) is 0 Å². The maximum atomic E-state index is 5.59. The van der Waals surface area contributed by atoms with Gasteiger partial charge in [0.25, 0.3) is 0 Å². The van der Waals surface area contributed by atoms with Crippen LogP contribution in [0.1, 0.15) is 59.3 Å². The monoisotopic (exact) mass is 294 g/mol. The second-order valence-corrected chi connectivity index (χ2v) is 8.51. The molecule has 1 atom stereocenters. The lowest BCUT2D eigenvalue weighted by Crippen LogP contribution is -2.65. The second-order valence-electron chi connectivity index (χ2n) is 8.51. The maximum Gasteiger partial charge on any atom is 0.0471 e. The fraction of sp³-hybridized carbons (Fsp3) is 1.00. The van der Waals surface area contributed by atoms with Gasteiger partial charge in [0, 0.05) is 44.4 Å². The predicted octanol–water partition coefficient (Wildman–Crippen LogP) is 3.05. The average molecular weight is 294 g/mol. The maximum absolute atomic E-state index is 5.59. The quantitative estimate of drug-likeness (QED) is 0.866. The molecule has 2 heterocycles. The summed E-state index contributed by atoms with van der Waals surface area (Å²) in [5.41, 5.74) is 0.898. The van der Waals surface area contributed by atoms with E-state index >= 15 is 0 Å². The van der Waals surface area contributed by atoms with Crippen LogP contribution in [0, 0.1) is 11.3 Å². The molecule has 1 unspecified atom stereocenters. The number of nitrogens with one attached hydrogen (secondary N) is 1. The number of ether oxygens (including phenoxy) is 1. The summed E-state index contributed by atoms with van der Waals surface area (Å²) in [6.07, 6.45) is 8.06. The van der Waals surface area contributed by atoms with E-state index in [1.54, 1.807) is 0 Å². The van der Waals surface area contributed by atoms with Crippen molar-refractivity contribution in [2.45, 2.75) is 70.9 Å². The second kappa shape index (κ2) is 6.17. The molecule has 0 amide bonds. The van der Waals surface area contributed by atoms with Gasteiger partial charge in [0.1, 0.15) is 0 Å². The topological polar surface area (TPSA) is 24.5 Å². The minimum absolute atomic E-state index is 0.437. The Labute approximate surface area is 130 Å². The van der Waals surface area contributed by atoms with E-state index < -0.39 is 0 Å². The van der Waals surface area contributed by atoms with E-state index in [9.17, 15) is 0 Å². The van der Waals surface area contributed by atoms with Crippen molar-refractivity contribution in [2.24, 2.45) is 11.3 Å². The molecule has 1 saturated carbocycles. The van der Waals surface area contributed by atoms with Crippen LogP contribution in [-0.2, 0) is 4.74 Å². The van der Waals surface area contributed by atoms with Gasteiger partial charge in [-0.25, -0.2) is 0 Å². The Balaban J connectivity index is 1.70. The molecule has 0 radical (unpaired) electrons. The number of piperazine rings is 1. The molecule has 122 valence electrons. The average Bonchev–Trinajstić information content (AvgIpc) is 2.87. The molecule has 1 spiro atoms. The van der Waals surface area contributed by atoms with E-state index in [-0.39, 0.29) is 0 Å². The van der Waals surface area contributed by atoms with Crippen LogP contribution in [0.15, 0.2) is 0 Å². The summed E-state index contributed by atoms with van der Waals surface area (Å²) in [6, 6.07) is 0.705. The van der Waals surface area contributed by atoms with Gasteiger partial charge in [-0.1, -0.05) is 33.6 Å². The number of nitrogens with zero attached hydrogens (tertiary/aromatic N) is 1. The van der Waals surface area contributed by atoms with Gasteiger partial charge in [0.05, 0.1) is 0 Å². The van der Waals surface area contributed by atoms with Gasteiger partial charge in [0.2, 0.25) is 0 Å². The lowest BCUT2D eigenvalue weighted by molar-refractivity contribution is -0.0267. The molecule has 3 rings (SSSR count). The van der Waals surface area contributed by atoms with Crippen molar-refractivity contribution >= 4 is 0 Å². The standard InChI is InChI=1S/C18H34N2O/c1-15(2)16-12-19-18(6-4-5-7-18)14-20(16)13-17(3)8-10-21-11-9-17/h15-16,19H,4-14H2,1-3H3. The van der Waals surface area contributed by atoms with Crippen molar-refractivity contribution in [3.63, 3.8) is 0 Å². The van der Waals surface area contributed by atoms with E-state index in [4.69, 9.17) is 4.74 Å². The third-order valence-electron chi connectivity index (χ3n) is 6.28. The van der Waals surface area contributed by atoms with Gasteiger partial charge >= 0.3 is 0 Å². The molecule has 1 N–H and O–H groups in total. The Morgan fingerprint density at radius 1 is 1.14 bits per heavy atom. The molecule has 2 saturated heterocycles. The Hall–Kier alpha value is -0.120. The molecule has 3 aliphatic rings. The van der Waals surface area contributed by atoms with Gasteiger partial charge in [0.15, 0.2) is 0 Å². The zero-order valence-corrected chi connectivity index (χ0v) is 14.3. The molecule has 0 aromatic rings. The van der Waals surface area contributed by atoms with Crippen molar-refractivity contribution in [3.05, 3.63) is 0 Å². The minimum Gasteiger partial charge on any atom is -0.381 e. The van der Waals surface area contributed by atoms with Gasteiger partial charge < -0.3 is 10.1 Å². The van der Waals surface area contributed by atoms with Crippen molar-refractivity contribution in [1.29, 1.82) is 0 Å². The number of hydrogen-bond acceptors (Lipinski definition) is 3. The highest BCUT2D eigenvalue weighted by Gasteiger charge is 2.43. The van der Waals surface area contributed by atoms with Crippen molar-refractivity contribution in [1.82, 2.24) is 10.2 Å². The smallest absolute Gasteiger partial charge is 0.0471 e. The van der Waals surface area contributed by atoms with Crippen LogP contribution in [0.25, 0.3) is 0 Å². The molecule has 0 aromatic carbocycles. The number of hydrogen-bond donors (Lipinski definition) is 1. The fourth-order valence-corrected chi connectivity index (χ4v) is 4.74. The fourth-order valence-electron chi connectivity index (χ4n) is 4.74. The lowest BCUT2D eigenvalue weighted by atomic mass is 9.79. The molecule has 1 aliphatic carbocycles. The molecule has 2 aliphatic heterocycles. The molecule has 0 aromatic heterocycles. The summed E-state index contributed by atoms with van der Waals surface area (Å²) in [6.45, 7) is 12.9. The zero-order valence-electron chi connectivity index (χ0n) is 14.3. The van der Waals surface area contributed by atoms with E-state index in [1.165, 1.54) is 58.2 Å². The Bertz CT molecular complexity index is 343. The zero-order chi connectivity index (χ0) is 14.9. The normalized spacial score (nSPS) is 32.9. The predicted molar refractivity (Wildman–Crippen MR) is 87.6 cm³/mol. The first kappa shape index (κ1) is 15.8. The van der Waals surface area contributed by atoms with Gasteiger partial charge in [-0.2, -0.15) is 0 Å². The first-order chi connectivity index (χ1) is 10.0. The molecule has 3 nitrogen and oxygen atoms in total. The van der Waals surface area contributed by atoms with Crippen LogP contribution in [0.4, 0.5) is 0 Å². The highest BCUT2D eigenvalue weighted by molar-refractivity contribution is 5.02. The minimum atomic E-state index is 0.437. The summed E-state index contributed by atoms with van der Waals surface area (Å²) in [4.78, 5) is 2.85. The molecule has 0 bridgehead atoms. The number of rotatable bonds is 3. The van der Waals surface area contributed by atoms with Crippen LogP contribution in [0.2, 0.25) is 0 Å². The molecular formula is C18H34N2O. The van der Waals surface area contributed by atoms with Crippen molar-refractivity contribution in [2.75, 3.05) is 32.8 Å². The SMILES string of the molecule is CC(C)C1CNC2(CCCC2)CN1CC1(C)CCOCC1. The van der Waals surface area contributed by atoms with Crippen molar-refractivity contribution in [3.8, 4) is 0 Å². The molecule has 3 fully saturated rings. The summed E-state index contributed by atoms with van der Waals surface area (Å²) in [7, 11) is 0. The third kappa shape index (κ3) is 3.46. The first-order valence-electron chi connectivity index (χ1n) is 9.09. The Kier molecular flexibility index (Phi) is 4.63. The van der Waals surface area contributed by atoms with Crippen LogP contribution in [-0.4, -0.2) is 49.3 Å². The summed E-state index contributed by atoms with van der Waals surface area (Å²) < 4.78 is 5.59. The van der Waals surface area contributed by atoms with E-state index in [2.05, 4.69) is 31.0 Å². The largest absolute Gasteiger partial charge is 0.381 e. The van der Waals surface area contributed by atoms with Crippen LogP contribution in [0.3, 0.4) is 0 Å². The third-order valence-corrected chi connectivity index (χ3v) is 6.28. The highest BCUT2D eigenvalue weighted by atomic mass is 16.5. The van der Waals surface area contributed by atoms with Gasteiger partial charge in [-0.05, 0) is 37.0 Å². The van der Waals surface area contributed by atoms with Crippen LogP contribution >= 0.6 is 0 Å². The lowest BCUT2D eigenvalue weighted by Gasteiger charge is -2.51. The molecule has 21 heavy (non-hydrogen) atoms. The summed E-state index contributed by atoms with van der Waals surface area (Å²) >= 11 is 0. The van der Waals surface area contributed by atoms with Gasteiger partial charge in [-0.15, -0.1) is 0 Å².